The molecule has 2 aliphatic heterocycles. The van der Waals surface area contributed by atoms with Crippen molar-refractivity contribution < 1.29 is 9.53 Å². The fourth-order valence-electron chi connectivity index (χ4n) is 4.53. The van der Waals surface area contributed by atoms with Crippen LogP contribution in [-0.2, 0) is 11.3 Å². The van der Waals surface area contributed by atoms with Crippen molar-refractivity contribution in [3.05, 3.63) is 77.5 Å². The van der Waals surface area contributed by atoms with E-state index in [1.807, 2.05) is 30.3 Å². The third-order valence-corrected chi connectivity index (χ3v) is 6.22. The highest BCUT2D eigenvalue weighted by molar-refractivity contribution is 5.93. The van der Waals surface area contributed by atoms with E-state index in [1.54, 1.807) is 0 Å². The van der Waals surface area contributed by atoms with Crippen molar-refractivity contribution in [2.24, 2.45) is 0 Å². The van der Waals surface area contributed by atoms with Crippen molar-refractivity contribution >= 4 is 16.9 Å². The predicted octanol–water partition coefficient (Wildman–Crippen LogP) is 4.04. The maximum atomic E-state index is 12.0. The average molecular weight is 402 g/mol. The number of benzene rings is 2. The van der Waals surface area contributed by atoms with Crippen molar-refractivity contribution in [2.45, 2.75) is 25.5 Å². The molecule has 0 saturated carbocycles. The lowest BCUT2D eigenvalue weighted by molar-refractivity contribution is 0.0353. The van der Waals surface area contributed by atoms with Crippen LogP contribution in [0.2, 0.25) is 0 Å². The minimum atomic E-state index is -0.175. The Labute approximate surface area is 177 Å². The van der Waals surface area contributed by atoms with Crippen LogP contribution in [-0.4, -0.2) is 53.5 Å². The van der Waals surface area contributed by atoms with Crippen molar-refractivity contribution in [2.75, 3.05) is 32.7 Å². The molecule has 1 aromatic heterocycles. The average Bonchev–Trinajstić information content (AvgIpc) is 3.11. The lowest BCUT2D eigenvalue weighted by atomic mass is 10.0. The zero-order valence-electron chi connectivity index (χ0n) is 17.2. The molecule has 0 amide bonds. The van der Waals surface area contributed by atoms with Gasteiger partial charge < -0.3 is 9.64 Å². The second kappa shape index (κ2) is 8.54. The van der Waals surface area contributed by atoms with E-state index in [1.165, 1.54) is 5.39 Å². The van der Waals surface area contributed by atoms with Crippen molar-refractivity contribution in [3.63, 3.8) is 0 Å². The van der Waals surface area contributed by atoms with Crippen LogP contribution in [0.3, 0.4) is 0 Å². The summed E-state index contributed by atoms with van der Waals surface area (Å²) in [5.41, 5.74) is 4.00. The molecule has 1 saturated heterocycles. The SMILES string of the molecule is O=C1OC(CCCN2CCN(Cc3ccc4ccccc4n3)CC2)c2ccccc21. The van der Waals surface area contributed by atoms with E-state index in [0.717, 1.165) is 74.4 Å². The zero-order chi connectivity index (χ0) is 20.3. The molecule has 0 N–H and O–H groups in total. The summed E-state index contributed by atoms with van der Waals surface area (Å²) in [5, 5.41) is 1.20. The van der Waals surface area contributed by atoms with Crippen LogP contribution in [0.4, 0.5) is 0 Å². The standard InChI is InChI=1S/C25H27N3O2/c29-25-22-8-3-2-7-21(22)24(30-25)10-5-13-27-14-16-28(17-15-27)18-20-12-11-19-6-1-4-9-23(19)26-20/h1-4,6-9,11-12,24H,5,10,13-18H2. The number of esters is 1. The number of para-hydroxylation sites is 1. The molecule has 0 bridgehead atoms. The molecule has 5 nitrogen and oxygen atoms in total. The Morgan fingerprint density at radius 2 is 1.67 bits per heavy atom. The van der Waals surface area contributed by atoms with Gasteiger partial charge in [-0.25, -0.2) is 4.79 Å². The van der Waals surface area contributed by atoms with E-state index < -0.39 is 0 Å². The zero-order valence-corrected chi connectivity index (χ0v) is 17.2. The molecule has 2 aromatic carbocycles. The molecule has 0 spiro atoms. The van der Waals surface area contributed by atoms with E-state index in [2.05, 4.69) is 40.1 Å². The molecule has 2 aliphatic rings. The van der Waals surface area contributed by atoms with Crippen LogP contribution in [0.5, 0.6) is 0 Å². The van der Waals surface area contributed by atoms with Crippen LogP contribution in [0.25, 0.3) is 10.9 Å². The minimum absolute atomic E-state index is 0.0750. The van der Waals surface area contributed by atoms with Crippen LogP contribution in [0.1, 0.15) is 40.6 Å². The normalized spacial score (nSPS) is 19.7. The predicted molar refractivity (Wildman–Crippen MR) is 117 cm³/mol. The lowest BCUT2D eigenvalue weighted by Crippen LogP contribution is -2.46. The summed E-state index contributed by atoms with van der Waals surface area (Å²) in [4.78, 5) is 21.8. The van der Waals surface area contributed by atoms with Gasteiger partial charge in [-0.1, -0.05) is 42.5 Å². The van der Waals surface area contributed by atoms with Gasteiger partial charge in [0, 0.05) is 43.7 Å². The van der Waals surface area contributed by atoms with Gasteiger partial charge in [-0.15, -0.1) is 0 Å². The smallest absolute Gasteiger partial charge is 0.339 e. The number of hydrogen-bond donors (Lipinski definition) is 0. The molecule has 0 radical (unpaired) electrons. The molecule has 30 heavy (non-hydrogen) atoms. The number of cyclic esters (lactones) is 1. The second-order valence-electron chi connectivity index (χ2n) is 8.24. The van der Waals surface area contributed by atoms with E-state index in [0.29, 0.717) is 0 Å². The number of ether oxygens (including phenoxy) is 1. The first-order valence-corrected chi connectivity index (χ1v) is 10.9. The molecule has 3 heterocycles. The Kier molecular flexibility index (Phi) is 5.47. The van der Waals surface area contributed by atoms with Gasteiger partial charge in [0.2, 0.25) is 0 Å². The van der Waals surface area contributed by atoms with Gasteiger partial charge in [-0.2, -0.15) is 0 Å². The number of pyridine rings is 1. The Bertz CT molecular complexity index is 1040. The number of nitrogens with zero attached hydrogens (tertiary/aromatic N) is 3. The van der Waals surface area contributed by atoms with Crippen LogP contribution >= 0.6 is 0 Å². The quantitative estimate of drug-likeness (QED) is 0.583. The fourth-order valence-corrected chi connectivity index (χ4v) is 4.53. The Morgan fingerprint density at radius 3 is 2.57 bits per heavy atom. The summed E-state index contributed by atoms with van der Waals surface area (Å²) >= 11 is 0. The van der Waals surface area contributed by atoms with Gasteiger partial charge in [0.15, 0.2) is 0 Å². The Balaban J connectivity index is 1.08. The Hall–Kier alpha value is -2.76. The van der Waals surface area contributed by atoms with Crippen LogP contribution in [0, 0.1) is 0 Å². The largest absolute Gasteiger partial charge is 0.454 e. The molecule has 5 heteroatoms. The summed E-state index contributed by atoms with van der Waals surface area (Å²) < 4.78 is 5.56. The third-order valence-electron chi connectivity index (χ3n) is 6.22. The molecule has 1 atom stereocenters. The first kappa shape index (κ1) is 19.2. The maximum absolute atomic E-state index is 12.0. The number of hydrogen-bond acceptors (Lipinski definition) is 5. The molecule has 5 rings (SSSR count). The Morgan fingerprint density at radius 1 is 0.900 bits per heavy atom. The van der Waals surface area contributed by atoms with Crippen LogP contribution < -0.4 is 0 Å². The number of carbonyl (C=O) groups is 1. The first-order valence-electron chi connectivity index (χ1n) is 10.9. The molecule has 3 aromatic rings. The maximum Gasteiger partial charge on any atom is 0.339 e. The summed E-state index contributed by atoms with van der Waals surface area (Å²) in [6, 6.07) is 20.4. The topological polar surface area (TPSA) is 45.7 Å². The van der Waals surface area contributed by atoms with Gasteiger partial charge in [-0.05, 0) is 37.6 Å². The third kappa shape index (κ3) is 4.09. The summed E-state index contributed by atoms with van der Waals surface area (Å²) in [6.07, 6.45) is 1.86. The van der Waals surface area contributed by atoms with E-state index in [4.69, 9.17) is 9.72 Å². The van der Waals surface area contributed by atoms with Crippen molar-refractivity contribution in [1.29, 1.82) is 0 Å². The molecule has 154 valence electrons. The highest BCUT2D eigenvalue weighted by atomic mass is 16.5. The van der Waals surface area contributed by atoms with E-state index in [9.17, 15) is 4.79 Å². The number of aromatic nitrogens is 1. The van der Waals surface area contributed by atoms with Gasteiger partial charge in [0.05, 0.1) is 16.8 Å². The van der Waals surface area contributed by atoms with Crippen molar-refractivity contribution in [1.82, 2.24) is 14.8 Å². The number of carbonyl (C=O) groups excluding carboxylic acids is 1. The van der Waals surface area contributed by atoms with Gasteiger partial charge >= 0.3 is 5.97 Å². The monoisotopic (exact) mass is 401 g/mol. The summed E-state index contributed by atoms with van der Waals surface area (Å²) in [5.74, 6) is -0.175. The molecular weight excluding hydrogens is 374 g/mol. The molecule has 0 aliphatic carbocycles. The number of fused-ring (bicyclic) bond motifs is 2. The number of rotatable bonds is 6. The molecule has 1 unspecified atom stereocenters. The molecule has 1 fully saturated rings. The van der Waals surface area contributed by atoms with Crippen molar-refractivity contribution in [3.8, 4) is 0 Å². The second-order valence-corrected chi connectivity index (χ2v) is 8.24. The highest BCUT2D eigenvalue weighted by Gasteiger charge is 2.30. The van der Waals surface area contributed by atoms with Crippen LogP contribution in [0.15, 0.2) is 60.7 Å². The highest BCUT2D eigenvalue weighted by Crippen LogP contribution is 2.33. The van der Waals surface area contributed by atoms with Gasteiger partial charge in [0.1, 0.15) is 6.10 Å². The fraction of sp³-hybridized carbons (Fsp3) is 0.360. The van der Waals surface area contributed by atoms with E-state index in [-0.39, 0.29) is 12.1 Å². The molecular formula is C25H27N3O2. The minimum Gasteiger partial charge on any atom is -0.454 e. The van der Waals surface area contributed by atoms with Gasteiger partial charge in [-0.3, -0.25) is 9.88 Å². The number of piperazine rings is 1. The first-order chi connectivity index (χ1) is 14.8. The summed E-state index contributed by atoms with van der Waals surface area (Å²) in [7, 11) is 0. The lowest BCUT2D eigenvalue weighted by Gasteiger charge is -2.34. The van der Waals surface area contributed by atoms with E-state index >= 15 is 0 Å². The van der Waals surface area contributed by atoms with Gasteiger partial charge in [0.25, 0.3) is 0 Å². The summed E-state index contributed by atoms with van der Waals surface area (Å²) in [6.45, 7) is 6.25.